The maximum atomic E-state index is 3.57. The lowest BCUT2D eigenvalue weighted by molar-refractivity contribution is 1.10. The van der Waals surface area contributed by atoms with Crippen molar-refractivity contribution in [3.63, 3.8) is 0 Å². The number of aryl methyl sites for hydroxylation is 1. The zero-order chi connectivity index (χ0) is 14.1. The van der Waals surface area contributed by atoms with Crippen molar-refractivity contribution >= 4 is 32.9 Å². The molecule has 3 rings (SSSR count). The number of hydrogen-bond donors (Lipinski definition) is 0. The number of hydrogen-bond acceptors (Lipinski definition) is 0. The normalized spacial score (nSPS) is 11.6. The van der Waals surface area contributed by atoms with Crippen LogP contribution in [0.5, 0.6) is 0 Å². The Kier molecular flexibility index (Phi) is 3.49. The molecule has 0 unspecified atom stereocenters. The summed E-state index contributed by atoms with van der Waals surface area (Å²) in [5, 5.41) is 1.29. The van der Waals surface area contributed by atoms with Gasteiger partial charge in [0.05, 0.1) is 5.52 Å². The standard InChI is InChI=1S/C18H16BrN/c1-3-7-17-13(2)16-12-14(19)10-11-18(16)20(17)15-8-5-4-6-9-15/h3-12H,1-2H3. The molecule has 0 saturated carbocycles. The fourth-order valence-electron chi connectivity index (χ4n) is 2.65. The van der Waals surface area contributed by atoms with Gasteiger partial charge in [-0.25, -0.2) is 0 Å². The quantitative estimate of drug-likeness (QED) is 0.566. The van der Waals surface area contributed by atoms with E-state index in [2.05, 4.69) is 89.0 Å². The zero-order valence-corrected chi connectivity index (χ0v) is 13.2. The minimum atomic E-state index is 1.12. The minimum Gasteiger partial charge on any atom is -0.310 e. The third kappa shape index (κ3) is 2.10. The molecule has 0 radical (unpaired) electrons. The SMILES string of the molecule is CC=Cc1c(C)c2cc(Br)ccc2n1-c1ccccc1. The molecule has 0 bridgehead atoms. The van der Waals surface area contributed by atoms with Gasteiger partial charge in [0.2, 0.25) is 0 Å². The summed E-state index contributed by atoms with van der Waals surface area (Å²) in [6, 6.07) is 17.0. The Hall–Kier alpha value is -1.80. The molecule has 3 aromatic rings. The van der Waals surface area contributed by atoms with E-state index in [-0.39, 0.29) is 0 Å². The van der Waals surface area contributed by atoms with Gasteiger partial charge in [0.25, 0.3) is 0 Å². The average molecular weight is 326 g/mol. The van der Waals surface area contributed by atoms with Gasteiger partial charge in [0.1, 0.15) is 0 Å². The highest BCUT2D eigenvalue weighted by Gasteiger charge is 2.13. The molecule has 1 aromatic heterocycles. The van der Waals surface area contributed by atoms with Gasteiger partial charge in [-0.3, -0.25) is 0 Å². The molecule has 0 aliphatic heterocycles. The van der Waals surface area contributed by atoms with Crippen LogP contribution in [0.1, 0.15) is 18.2 Å². The molecule has 0 aliphatic carbocycles. The van der Waals surface area contributed by atoms with E-state index in [9.17, 15) is 0 Å². The number of nitrogens with zero attached hydrogens (tertiary/aromatic N) is 1. The Morgan fingerprint density at radius 1 is 1.05 bits per heavy atom. The van der Waals surface area contributed by atoms with Gasteiger partial charge in [0, 0.05) is 21.2 Å². The van der Waals surface area contributed by atoms with Gasteiger partial charge >= 0.3 is 0 Å². The van der Waals surface area contributed by atoms with Crippen LogP contribution in [-0.2, 0) is 0 Å². The Balaban J connectivity index is 2.42. The topological polar surface area (TPSA) is 4.93 Å². The second kappa shape index (κ2) is 5.29. The summed E-state index contributed by atoms with van der Waals surface area (Å²) in [6.45, 7) is 4.24. The first-order chi connectivity index (χ1) is 9.72. The highest BCUT2D eigenvalue weighted by Crippen LogP contribution is 2.31. The van der Waals surface area contributed by atoms with E-state index in [0.29, 0.717) is 0 Å². The molecular formula is C18H16BrN. The zero-order valence-electron chi connectivity index (χ0n) is 11.6. The monoisotopic (exact) mass is 325 g/mol. The lowest BCUT2D eigenvalue weighted by Gasteiger charge is -2.09. The van der Waals surface area contributed by atoms with E-state index in [1.54, 1.807) is 0 Å². The van der Waals surface area contributed by atoms with Crippen LogP contribution >= 0.6 is 15.9 Å². The van der Waals surface area contributed by atoms with Crippen molar-refractivity contribution in [2.24, 2.45) is 0 Å². The number of halogens is 1. The molecular weight excluding hydrogens is 310 g/mol. The van der Waals surface area contributed by atoms with Crippen LogP contribution in [0.25, 0.3) is 22.7 Å². The molecule has 2 heteroatoms. The van der Waals surface area contributed by atoms with Crippen molar-refractivity contribution in [3.05, 3.63) is 70.3 Å². The number of allylic oxidation sites excluding steroid dienone is 1. The predicted octanol–water partition coefficient (Wildman–Crippen LogP) is 5.73. The first-order valence-electron chi connectivity index (χ1n) is 6.71. The third-order valence-electron chi connectivity index (χ3n) is 3.57. The molecule has 0 amide bonds. The van der Waals surface area contributed by atoms with Crippen LogP contribution in [-0.4, -0.2) is 4.57 Å². The molecule has 0 N–H and O–H groups in total. The van der Waals surface area contributed by atoms with Crippen LogP contribution in [0.15, 0.2) is 59.1 Å². The maximum absolute atomic E-state index is 3.57. The highest BCUT2D eigenvalue weighted by atomic mass is 79.9. The second-order valence-electron chi connectivity index (χ2n) is 4.84. The van der Waals surface area contributed by atoms with Gasteiger partial charge in [-0.05, 0) is 55.8 Å². The molecule has 20 heavy (non-hydrogen) atoms. The summed E-state index contributed by atoms with van der Waals surface area (Å²) in [4.78, 5) is 0. The lowest BCUT2D eigenvalue weighted by Crippen LogP contribution is -1.96. The summed E-state index contributed by atoms with van der Waals surface area (Å²) in [7, 11) is 0. The molecule has 1 heterocycles. The van der Waals surface area contributed by atoms with Crippen LogP contribution in [0, 0.1) is 6.92 Å². The lowest BCUT2D eigenvalue weighted by atomic mass is 10.1. The van der Waals surface area contributed by atoms with E-state index in [4.69, 9.17) is 0 Å². The number of rotatable bonds is 2. The van der Waals surface area contributed by atoms with Gasteiger partial charge in [-0.15, -0.1) is 0 Å². The first kappa shape index (κ1) is 13.2. The highest BCUT2D eigenvalue weighted by molar-refractivity contribution is 9.10. The van der Waals surface area contributed by atoms with E-state index < -0.39 is 0 Å². The van der Waals surface area contributed by atoms with E-state index >= 15 is 0 Å². The van der Waals surface area contributed by atoms with Crippen molar-refractivity contribution in [1.29, 1.82) is 0 Å². The molecule has 0 aliphatic rings. The summed E-state index contributed by atoms with van der Waals surface area (Å²) in [5.74, 6) is 0. The second-order valence-corrected chi connectivity index (χ2v) is 5.76. The summed E-state index contributed by atoms with van der Waals surface area (Å²) in [6.07, 6.45) is 4.27. The average Bonchev–Trinajstić information content (AvgIpc) is 2.73. The Morgan fingerprint density at radius 2 is 1.80 bits per heavy atom. The Bertz CT molecular complexity index is 782. The minimum absolute atomic E-state index is 1.12. The largest absolute Gasteiger partial charge is 0.310 e. The summed E-state index contributed by atoms with van der Waals surface area (Å²) < 4.78 is 3.43. The number of benzene rings is 2. The predicted molar refractivity (Wildman–Crippen MR) is 90.4 cm³/mol. The van der Waals surface area contributed by atoms with Crippen molar-refractivity contribution in [2.45, 2.75) is 13.8 Å². The van der Waals surface area contributed by atoms with Crippen molar-refractivity contribution in [1.82, 2.24) is 4.57 Å². The van der Waals surface area contributed by atoms with Crippen LogP contribution < -0.4 is 0 Å². The number of para-hydroxylation sites is 1. The maximum Gasteiger partial charge on any atom is 0.0538 e. The van der Waals surface area contributed by atoms with Crippen LogP contribution in [0.4, 0.5) is 0 Å². The van der Waals surface area contributed by atoms with Gasteiger partial charge in [0.15, 0.2) is 0 Å². The molecule has 1 nitrogen and oxygen atoms in total. The summed E-state index contributed by atoms with van der Waals surface area (Å²) >= 11 is 3.57. The Labute approximate surface area is 127 Å². The Morgan fingerprint density at radius 3 is 2.50 bits per heavy atom. The van der Waals surface area contributed by atoms with Gasteiger partial charge < -0.3 is 4.57 Å². The fourth-order valence-corrected chi connectivity index (χ4v) is 3.01. The van der Waals surface area contributed by atoms with E-state index in [0.717, 1.165) is 4.47 Å². The molecule has 0 spiro atoms. The molecule has 0 fully saturated rings. The first-order valence-corrected chi connectivity index (χ1v) is 7.50. The number of fused-ring (bicyclic) bond motifs is 1. The molecule has 100 valence electrons. The smallest absolute Gasteiger partial charge is 0.0538 e. The van der Waals surface area contributed by atoms with Crippen molar-refractivity contribution < 1.29 is 0 Å². The van der Waals surface area contributed by atoms with Crippen molar-refractivity contribution in [3.8, 4) is 5.69 Å². The van der Waals surface area contributed by atoms with Gasteiger partial charge in [-0.1, -0.05) is 40.2 Å². The third-order valence-corrected chi connectivity index (χ3v) is 4.06. The van der Waals surface area contributed by atoms with E-state index in [1.165, 1.54) is 27.8 Å². The molecule has 2 aromatic carbocycles. The fraction of sp³-hybridized carbons (Fsp3) is 0.111. The van der Waals surface area contributed by atoms with E-state index in [1.807, 2.05) is 6.07 Å². The number of aromatic nitrogens is 1. The van der Waals surface area contributed by atoms with Crippen LogP contribution in [0.2, 0.25) is 0 Å². The summed E-state index contributed by atoms with van der Waals surface area (Å²) in [5.41, 5.74) is 4.99. The van der Waals surface area contributed by atoms with Crippen LogP contribution in [0.3, 0.4) is 0 Å². The van der Waals surface area contributed by atoms with Crippen molar-refractivity contribution in [2.75, 3.05) is 0 Å². The van der Waals surface area contributed by atoms with Gasteiger partial charge in [-0.2, -0.15) is 0 Å². The molecule has 0 saturated heterocycles. The molecule has 0 atom stereocenters.